The average molecular weight is 844 g/mol. The number of hydrogen-bond donors (Lipinski definition) is 5. The summed E-state index contributed by atoms with van der Waals surface area (Å²) in [6, 6.07) is -1.02. The Kier molecular flexibility index (Phi) is 46.9. The van der Waals surface area contributed by atoms with E-state index in [9.17, 15) is 25.2 Å². The Morgan fingerprint density at radius 3 is 1.05 bits per heavy atom. The van der Waals surface area contributed by atoms with Crippen molar-refractivity contribution in [1.82, 2.24) is 5.32 Å². The van der Waals surface area contributed by atoms with Crippen LogP contribution in [-0.4, -0.2) is 57.3 Å². The maximum Gasteiger partial charge on any atom is 0.249 e. The van der Waals surface area contributed by atoms with Crippen molar-refractivity contribution >= 4 is 5.91 Å². The van der Waals surface area contributed by atoms with Crippen LogP contribution in [0.5, 0.6) is 0 Å². The van der Waals surface area contributed by atoms with Crippen LogP contribution in [0, 0.1) is 0 Å². The van der Waals surface area contributed by atoms with E-state index in [1.165, 1.54) is 161 Å². The SMILES string of the molecule is CCCCCCCCCC/C=C\CCCCCCCCC(O)C(=O)NC(CO)C(O)C(O)CCC/C=C/CC/C=C/CC/C=C/CCCCCCCCCCCCCCC. The minimum absolute atomic E-state index is 0.350. The molecule has 0 bridgehead atoms. The lowest BCUT2D eigenvalue weighted by atomic mass is 10.00. The highest BCUT2D eigenvalue weighted by Gasteiger charge is 2.28. The van der Waals surface area contributed by atoms with E-state index in [4.69, 9.17) is 0 Å². The number of aliphatic hydroxyl groups excluding tert-OH is 4. The van der Waals surface area contributed by atoms with Crippen LogP contribution in [-0.2, 0) is 4.79 Å². The van der Waals surface area contributed by atoms with Gasteiger partial charge in [-0.15, -0.1) is 0 Å². The van der Waals surface area contributed by atoms with Gasteiger partial charge in [-0.2, -0.15) is 0 Å². The lowest BCUT2D eigenvalue weighted by Gasteiger charge is -2.27. The van der Waals surface area contributed by atoms with E-state index in [2.05, 4.69) is 67.8 Å². The number of carbonyl (C=O) groups excluding carboxylic acids is 1. The zero-order valence-electron chi connectivity index (χ0n) is 39.7. The second-order valence-corrected chi connectivity index (χ2v) is 17.8. The van der Waals surface area contributed by atoms with Crippen LogP contribution in [0.4, 0.5) is 0 Å². The summed E-state index contributed by atoms with van der Waals surface area (Å²) >= 11 is 0. The molecule has 0 radical (unpaired) electrons. The van der Waals surface area contributed by atoms with Crippen molar-refractivity contribution < 1.29 is 25.2 Å². The minimum atomic E-state index is -1.30. The molecule has 0 spiro atoms. The van der Waals surface area contributed by atoms with Gasteiger partial charge in [-0.3, -0.25) is 4.79 Å². The predicted octanol–water partition coefficient (Wildman–Crippen LogP) is 14.6. The molecule has 60 heavy (non-hydrogen) atoms. The minimum Gasteiger partial charge on any atom is -0.394 e. The van der Waals surface area contributed by atoms with E-state index in [1.807, 2.05) is 0 Å². The molecule has 0 saturated heterocycles. The van der Waals surface area contributed by atoms with Crippen LogP contribution in [0.2, 0.25) is 0 Å². The molecule has 0 saturated carbocycles. The molecule has 0 aromatic heterocycles. The normalized spacial score (nSPS) is 14.3. The van der Waals surface area contributed by atoms with Crippen molar-refractivity contribution in [2.45, 2.75) is 282 Å². The first-order valence-electron chi connectivity index (χ1n) is 26.0. The van der Waals surface area contributed by atoms with Gasteiger partial charge in [0.1, 0.15) is 12.2 Å². The van der Waals surface area contributed by atoms with Crippen LogP contribution in [0.15, 0.2) is 48.6 Å². The molecule has 0 aromatic rings. The number of nitrogens with one attached hydrogen (secondary N) is 1. The van der Waals surface area contributed by atoms with Gasteiger partial charge in [0.05, 0.1) is 18.8 Å². The molecule has 0 fully saturated rings. The Hall–Kier alpha value is -1.73. The summed E-state index contributed by atoms with van der Waals surface area (Å²) in [6.45, 7) is 4.05. The lowest BCUT2D eigenvalue weighted by Crippen LogP contribution is -2.53. The van der Waals surface area contributed by atoms with Crippen LogP contribution >= 0.6 is 0 Å². The Morgan fingerprint density at radius 2 is 0.700 bits per heavy atom. The highest BCUT2D eigenvalue weighted by Crippen LogP contribution is 2.16. The third-order valence-electron chi connectivity index (χ3n) is 12.0. The van der Waals surface area contributed by atoms with Gasteiger partial charge in [-0.1, -0.05) is 217 Å². The summed E-state index contributed by atoms with van der Waals surface area (Å²) in [5.41, 5.74) is 0. The first-order chi connectivity index (χ1) is 29.5. The first-order valence-corrected chi connectivity index (χ1v) is 26.0. The van der Waals surface area contributed by atoms with Gasteiger partial charge in [0.25, 0.3) is 0 Å². The molecule has 1 amide bonds. The summed E-state index contributed by atoms with van der Waals surface area (Å²) in [5.74, 6) is -0.604. The second kappa shape index (κ2) is 48.3. The van der Waals surface area contributed by atoms with E-state index in [0.29, 0.717) is 19.3 Å². The smallest absolute Gasteiger partial charge is 0.249 e. The molecular formula is C54H101NO5. The number of unbranched alkanes of at least 4 members (excludes halogenated alkanes) is 30. The Balaban J connectivity index is 3.76. The second-order valence-electron chi connectivity index (χ2n) is 17.8. The molecule has 4 unspecified atom stereocenters. The van der Waals surface area contributed by atoms with Crippen molar-refractivity contribution in [2.75, 3.05) is 6.61 Å². The van der Waals surface area contributed by atoms with Crippen LogP contribution in [0.25, 0.3) is 0 Å². The largest absolute Gasteiger partial charge is 0.394 e. The van der Waals surface area contributed by atoms with Crippen molar-refractivity contribution in [2.24, 2.45) is 0 Å². The molecule has 0 aliphatic rings. The molecule has 0 aromatic carbocycles. The summed E-state index contributed by atoms with van der Waals surface area (Å²) in [7, 11) is 0. The molecule has 0 aliphatic heterocycles. The van der Waals surface area contributed by atoms with Gasteiger partial charge in [-0.25, -0.2) is 0 Å². The monoisotopic (exact) mass is 844 g/mol. The van der Waals surface area contributed by atoms with E-state index in [1.54, 1.807) is 0 Å². The molecule has 0 heterocycles. The standard InChI is InChI=1S/C54H101NO5/c1-3-5-7-9-11-13-15-17-19-21-23-24-25-26-27-28-29-30-32-33-35-37-39-41-43-45-47-51(57)53(59)50(49-56)55-54(60)52(58)48-46-44-42-40-38-36-34-31-22-20-18-16-14-12-10-8-6-4-2/h22,27-28,31-33,39,41,50-53,56-59H,3-21,23-26,29-30,34-38,40,42-49H2,1-2H3,(H,55,60)/b28-27+,31-22-,33-32+,41-39+. The summed E-state index contributed by atoms with van der Waals surface area (Å²) in [6.07, 6.45) is 60.2. The van der Waals surface area contributed by atoms with Gasteiger partial charge in [0, 0.05) is 0 Å². The van der Waals surface area contributed by atoms with E-state index < -0.39 is 36.9 Å². The van der Waals surface area contributed by atoms with Gasteiger partial charge in [0.15, 0.2) is 0 Å². The highest BCUT2D eigenvalue weighted by molar-refractivity contribution is 5.80. The summed E-state index contributed by atoms with van der Waals surface area (Å²) in [5, 5.41) is 43.8. The summed E-state index contributed by atoms with van der Waals surface area (Å²) < 4.78 is 0. The quantitative estimate of drug-likeness (QED) is 0.0310. The Morgan fingerprint density at radius 1 is 0.400 bits per heavy atom. The third-order valence-corrected chi connectivity index (χ3v) is 12.0. The van der Waals surface area contributed by atoms with Gasteiger partial charge >= 0.3 is 0 Å². The van der Waals surface area contributed by atoms with Gasteiger partial charge < -0.3 is 25.7 Å². The Labute approximate surface area is 372 Å². The molecule has 6 nitrogen and oxygen atoms in total. The molecule has 0 rings (SSSR count). The zero-order chi connectivity index (χ0) is 43.8. The zero-order valence-corrected chi connectivity index (χ0v) is 39.7. The summed E-state index contributed by atoms with van der Waals surface area (Å²) in [4.78, 5) is 12.5. The van der Waals surface area contributed by atoms with E-state index >= 15 is 0 Å². The third kappa shape index (κ3) is 41.6. The topological polar surface area (TPSA) is 110 Å². The van der Waals surface area contributed by atoms with E-state index in [0.717, 1.165) is 64.2 Å². The van der Waals surface area contributed by atoms with Crippen molar-refractivity contribution in [3.05, 3.63) is 48.6 Å². The predicted molar refractivity (Wildman–Crippen MR) is 260 cm³/mol. The van der Waals surface area contributed by atoms with Crippen molar-refractivity contribution in [3.8, 4) is 0 Å². The molecule has 4 atom stereocenters. The van der Waals surface area contributed by atoms with Crippen molar-refractivity contribution in [3.63, 3.8) is 0 Å². The maximum absolute atomic E-state index is 12.5. The number of amides is 1. The molecular weight excluding hydrogens is 743 g/mol. The average Bonchev–Trinajstić information content (AvgIpc) is 3.25. The van der Waals surface area contributed by atoms with E-state index in [-0.39, 0.29) is 0 Å². The van der Waals surface area contributed by atoms with Gasteiger partial charge in [0.2, 0.25) is 5.91 Å². The maximum atomic E-state index is 12.5. The fourth-order valence-electron chi connectivity index (χ4n) is 7.84. The van der Waals surface area contributed by atoms with Crippen molar-refractivity contribution in [1.29, 1.82) is 0 Å². The first kappa shape index (κ1) is 58.3. The number of hydrogen-bond acceptors (Lipinski definition) is 5. The number of rotatable bonds is 47. The van der Waals surface area contributed by atoms with Crippen LogP contribution in [0.3, 0.4) is 0 Å². The van der Waals surface area contributed by atoms with Crippen LogP contribution in [0.1, 0.15) is 258 Å². The lowest BCUT2D eigenvalue weighted by molar-refractivity contribution is -0.132. The van der Waals surface area contributed by atoms with Crippen LogP contribution < -0.4 is 5.32 Å². The fraction of sp³-hybridized carbons (Fsp3) is 0.833. The molecule has 352 valence electrons. The highest BCUT2D eigenvalue weighted by atomic mass is 16.3. The molecule has 5 N–H and O–H groups in total. The number of aliphatic hydroxyl groups is 4. The number of allylic oxidation sites excluding steroid dienone is 8. The molecule has 6 heteroatoms. The van der Waals surface area contributed by atoms with Gasteiger partial charge in [-0.05, 0) is 89.9 Å². The Bertz CT molecular complexity index is 993. The molecule has 0 aliphatic carbocycles. The fourth-order valence-corrected chi connectivity index (χ4v) is 7.84. The number of carbonyl (C=O) groups is 1.